The molecular formula is C46H32N2O. The maximum Gasteiger partial charge on any atom is 0.135 e. The summed E-state index contributed by atoms with van der Waals surface area (Å²) in [7, 11) is 0. The molecule has 1 aromatic heterocycles. The van der Waals surface area contributed by atoms with E-state index in [1.54, 1.807) is 0 Å². The molecule has 0 radical (unpaired) electrons. The van der Waals surface area contributed by atoms with Gasteiger partial charge in [0, 0.05) is 44.6 Å². The summed E-state index contributed by atoms with van der Waals surface area (Å²) < 4.78 is 6.15. The smallest absolute Gasteiger partial charge is 0.135 e. The van der Waals surface area contributed by atoms with Crippen molar-refractivity contribution in [1.82, 2.24) is 0 Å². The average Bonchev–Trinajstić information content (AvgIpc) is 3.55. The van der Waals surface area contributed by atoms with Crippen LogP contribution in [0.1, 0.15) is 0 Å². The number of rotatable bonds is 7. The summed E-state index contributed by atoms with van der Waals surface area (Å²) in [4.78, 5) is 4.65. The molecule has 3 nitrogen and oxygen atoms in total. The fraction of sp³-hybridized carbons (Fsp3) is 0. The largest absolute Gasteiger partial charge is 0.456 e. The molecule has 49 heavy (non-hydrogen) atoms. The van der Waals surface area contributed by atoms with E-state index < -0.39 is 0 Å². The van der Waals surface area contributed by atoms with Gasteiger partial charge >= 0.3 is 0 Å². The zero-order chi connectivity index (χ0) is 32.6. The Morgan fingerprint density at radius 1 is 0.306 bits per heavy atom. The second kappa shape index (κ2) is 12.2. The van der Waals surface area contributed by atoms with E-state index in [-0.39, 0.29) is 0 Å². The Hall–Kier alpha value is -6.58. The average molecular weight is 629 g/mol. The number of hydrogen-bond donors (Lipinski definition) is 0. The lowest BCUT2D eigenvalue weighted by Gasteiger charge is -2.27. The van der Waals surface area contributed by atoms with Gasteiger partial charge < -0.3 is 14.2 Å². The number of anilines is 6. The maximum atomic E-state index is 6.15. The predicted octanol–water partition coefficient (Wildman–Crippen LogP) is 13.3. The monoisotopic (exact) mass is 628 g/mol. The van der Waals surface area contributed by atoms with Gasteiger partial charge in [0.1, 0.15) is 11.2 Å². The van der Waals surface area contributed by atoms with Crippen LogP contribution in [0.4, 0.5) is 34.1 Å². The third-order valence-corrected chi connectivity index (χ3v) is 9.24. The molecule has 3 heteroatoms. The molecule has 0 unspecified atom stereocenters. The standard InChI is InChI=1S/C46H32N2O/c1-4-14-34(15-5-1)47(38-30-31-46-43(32-38)42-20-10-11-25-45(42)49-46)37-28-26-33(27-29-37)39-21-12-23-41-40(39)22-13-24-44(41)48(35-16-6-2-7-17-35)36-18-8-3-9-19-36/h1-32H. The Morgan fingerprint density at radius 2 is 0.816 bits per heavy atom. The van der Waals surface area contributed by atoms with E-state index in [9.17, 15) is 0 Å². The van der Waals surface area contributed by atoms with E-state index in [0.717, 1.165) is 56.1 Å². The van der Waals surface area contributed by atoms with Crippen LogP contribution in [0.5, 0.6) is 0 Å². The summed E-state index contributed by atoms with van der Waals surface area (Å²) in [5.74, 6) is 0. The number of nitrogens with zero attached hydrogens (tertiary/aromatic N) is 2. The summed E-state index contributed by atoms with van der Waals surface area (Å²) in [5, 5.41) is 4.64. The molecule has 1 heterocycles. The van der Waals surface area contributed by atoms with Crippen molar-refractivity contribution >= 4 is 66.8 Å². The molecule has 0 bridgehead atoms. The van der Waals surface area contributed by atoms with Gasteiger partial charge in [-0.2, -0.15) is 0 Å². The molecule has 232 valence electrons. The molecule has 0 aliphatic heterocycles. The van der Waals surface area contributed by atoms with Crippen LogP contribution in [-0.4, -0.2) is 0 Å². The second-order valence-corrected chi connectivity index (χ2v) is 12.2. The van der Waals surface area contributed by atoms with Crippen molar-refractivity contribution in [2.24, 2.45) is 0 Å². The van der Waals surface area contributed by atoms with Crippen molar-refractivity contribution in [3.8, 4) is 11.1 Å². The summed E-state index contributed by atoms with van der Waals surface area (Å²) in [6.07, 6.45) is 0. The van der Waals surface area contributed by atoms with Gasteiger partial charge in [-0.3, -0.25) is 0 Å². The molecule has 0 amide bonds. The van der Waals surface area contributed by atoms with Gasteiger partial charge in [-0.1, -0.05) is 115 Å². The molecule has 0 saturated carbocycles. The first-order chi connectivity index (χ1) is 24.3. The Labute approximate surface area is 285 Å². The molecule has 0 atom stereocenters. The molecule has 0 N–H and O–H groups in total. The van der Waals surface area contributed by atoms with E-state index in [1.807, 2.05) is 12.1 Å². The number of para-hydroxylation sites is 4. The minimum Gasteiger partial charge on any atom is -0.456 e. The lowest BCUT2D eigenvalue weighted by molar-refractivity contribution is 0.669. The van der Waals surface area contributed by atoms with E-state index in [4.69, 9.17) is 4.42 Å². The molecule has 9 rings (SSSR count). The lowest BCUT2D eigenvalue weighted by Crippen LogP contribution is -2.10. The van der Waals surface area contributed by atoms with Gasteiger partial charge in [0.15, 0.2) is 0 Å². The van der Waals surface area contributed by atoms with Gasteiger partial charge in [0.25, 0.3) is 0 Å². The van der Waals surface area contributed by atoms with E-state index >= 15 is 0 Å². The zero-order valence-corrected chi connectivity index (χ0v) is 26.8. The first-order valence-electron chi connectivity index (χ1n) is 16.6. The van der Waals surface area contributed by atoms with Crippen LogP contribution in [0.2, 0.25) is 0 Å². The van der Waals surface area contributed by atoms with Crippen LogP contribution in [-0.2, 0) is 0 Å². The first-order valence-corrected chi connectivity index (χ1v) is 16.6. The van der Waals surface area contributed by atoms with Crippen molar-refractivity contribution in [3.05, 3.63) is 194 Å². The summed E-state index contributed by atoms with van der Waals surface area (Å²) in [6, 6.07) is 68.6. The van der Waals surface area contributed by atoms with Crippen molar-refractivity contribution < 1.29 is 4.42 Å². The molecule has 9 aromatic rings. The number of furan rings is 1. The Kier molecular flexibility index (Phi) is 7.14. The normalized spacial score (nSPS) is 11.3. The van der Waals surface area contributed by atoms with Crippen LogP contribution in [0.3, 0.4) is 0 Å². The van der Waals surface area contributed by atoms with Crippen molar-refractivity contribution in [2.45, 2.75) is 0 Å². The highest BCUT2D eigenvalue weighted by atomic mass is 16.3. The minimum absolute atomic E-state index is 0.890. The van der Waals surface area contributed by atoms with Gasteiger partial charge in [-0.05, 0) is 95.4 Å². The maximum absolute atomic E-state index is 6.15. The number of fused-ring (bicyclic) bond motifs is 4. The van der Waals surface area contributed by atoms with E-state index in [0.29, 0.717) is 0 Å². The lowest BCUT2D eigenvalue weighted by atomic mass is 9.96. The van der Waals surface area contributed by atoms with Gasteiger partial charge in [-0.25, -0.2) is 0 Å². The Morgan fingerprint density at radius 3 is 1.51 bits per heavy atom. The highest BCUT2D eigenvalue weighted by Crippen LogP contribution is 2.42. The van der Waals surface area contributed by atoms with Gasteiger partial charge in [-0.15, -0.1) is 0 Å². The summed E-state index contributed by atoms with van der Waals surface area (Å²) >= 11 is 0. The highest BCUT2D eigenvalue weighted by molar-refractivity contribution is 6.07. The predicted molar refractivity (Wildman–Crippen MR) is 206 cm³/mol. The van der Waals surface area contributed by atoms with Crippen LogP contribution in [0, 0.1) is 0 Å². The SMILES string of the molecule is c1ccc(N(c2ccc(-c3cccc4c(N(c5ccccc5)c5ccccc5)cccc34)cc2)c2ccc3oc4ccccc4c3c2)cc1. The fourth-order valence-electron chi connectivity index (χ4n) is 6.99. The van der Waals surface area contributed by atoms with Crippen LogP contribution >= 0.6 is 0 Å². The van der Waals surface area contributed by atoms with Crippen molar-refractivity contribution in [1.29, 1.82) is 0 Å². The molecular weight excluding hydrogens is 597 g/mol. The molecule has 0 spiro atoms. The number of benzene rings is 8. The highest BCUT2D eigenvalue weighted by Gasteiger charge is 2.18. The van der Waals surface area contributed by atoms with Gasteiger partial charge in [0.2, 0.25) is 0 Å². The van der Waals surface area contributed by atoms with Crippen LogP contribution in [0.25, 0.3) is 43.8 Å². The molecule has 0 fully saturated rings. The minimum atomic E-state index is 0.890. The van der Waals surface area contributed by atoms with Crippen molar-refractivity contribution in [3.63, 3.8) is 0 Å². The first kappa shape index (κ1) is 28.6. The van der Waals surface area contributed by atoms with E-state index in [1.165, 1.54) is 21.9 Å². The Bertz CT molecular complexity index is 2500. The van der Waals surface area contributed by atoms with E-state index in [2.05, 4.69) is 192 Å². The third kappa shape index (κ3) is 5.18. The molecule has 0 saturated heterocycles. The van der Waals surface area contributed by atoms with Gasteiger partial charge in [0.05, 0.1) is 5.69 Å². The zero-order valence-electron chi connectivity index (χ0n) is 26.8. The van der Waals surface area contributed by atoms with Crippen LogP contribution < -0.4 is 9.80 Å². The fourth-order valence-corrected chi connectivity index (χ4v) is 6.99. The Balaban J connectivity index is 1.14. The number of hydrogen-bond acceptors (Lipinski definition) is 3. The van der Waals surface area contributed by atoms with Crippen molar-refractivity contribution in [2.75, 3.05) is 9.80 Å². The molecule has 0 aliphatic carbocycles. The summed E-state index contributed by atoms with van der Waals surface area (Å²) in [5.41, 5.74) is 10.8. The quantitative estimate of drug-likeness (QED) is 0.175. The second-order valence-electron chi connectivity index (χ2n) is 12.2. The van der Waals surface area contributed by atoms with Crippen LogP contribution in [0.15, 0.2) is 199 Å². The molecule has 0 aliphatic rings. The third-order valence-electron chi connectivity index (χ3n) is 9.24. The molecule has 8 aromatic carbocycles. The summed E-state index contributed by atoms with van der Waals surface area (Å²) in [6.45, 7) is 0. The topological polar surface area (TPSA) is 19.6 Å².